The molecule has 1 saturated carbocycles. The number of hydrogen-bond acceptors (Lipinski definition) is 0. The summed E-state index contributed by atoms with van der Waals surface area (Å²) in [5, 5.41) is 0. The lowest BCUT2D eigenvalue weighted by molar-refractivity contribution is 0.339. The normalized spacial score (nSPS) is 18.5. The highest BCUT2D eigenvalue weighted by molar-refractivity contribution is 5.22. The van der Waals surface area contributed by atoms with E-state index in [-0.39, 0.29) is 0 Å². The summed E-state index contributed by atoms with van der Waals surface area (Å²) in [5.74, 6) is 0.962. The second-order valence-corrected chi connectivity index (χ2v) is 4.94. The Morgan fingerprint density at radius 1 is 1.12 bits per heavy atom. The summed E-state index contributed by atoms with van der Waals surface area (Å²) in [6.45, 7) is 7.60. The quantitative estimate of drug-likeness (QED) is 0.395. The van der Waals surface area contributed by atoms with Gasteiger partial charge in [-0.25, -0.2) is 0 Å². The van der Waals surface area contributed by atoms with Gasteiger partial charge in [0.2, 0.25) is 0 Å². The van der Waals surface area contributed by atoms with E-state index in [2.05, 4.69) is 31.4 Å². The molecule has 17 heavy (non-hydrogen) atoms. The second kappa shape index (κ2) is 9.04. The molecule has 0 heterocycles. The van der Waals surface area contributed by atoms with Gasteiger partial charge in [-0.2, -0.15) is 0 Å². The highest BCUT2D eigenvalue weighted by Crippen LogP contribution is 2.28. The van der Waals surface area contributed by atoms with Gasteiger partial charge in [0.05, 0.1) is 0 Å². The summed E-state index contributed by atoms with van der Waals surface area (Å²) >= 11 is 0. The highest BCUT2D eigenvalue weighted by Gasteiger charge is 2.12. The van der Waals surface area contributed by atoms with Gasteiger partial charge in [-0.3, -0.25) is 0 Å². The molecule has 0 aromatic rings. The molecule has 0 N–H and O–H groups in total. The largest absolute Gasteiger partial charge is 0.103 e. The fourth-order valence-electron chi connectivity index (χ4n) is 2.47. The van der Waals surface area contributed by atoms with Crippen molar-refractivity contribution in [3.05, 3.63) is 49.1 Å². The Kier molecular flexibility index (Phi) is 7.46. The predicted molar refractivity (Wildman–Crippen MR) is 78.0 cm³/mol. The molecule has 0 atom stereocenters. The zero-order valence-corrected chi connectivity index (χ0v) is 11.0. The van der Waals surface area contributed by atoms with Crippen LogP contribution in [-0.2, 0) is 0 Å². The summed E-state index contributed by atoms with van der Waals surface area (Å²) < 4.78 is 0. The maximum absolute atomic E-state index is 3.90. The smallest absolute Gasteiger partial charge is 0.0169 e. The molecular formula is C17H26. The van der Waals surface area contributed by atoms with E-state index in [0.717, 1.165) is 12.3 Å². The van der Waals surface area contributed by atoms with Gasteiger partial charge in [0.25, 0.3) is 0 Å². The van der Waals surface area contributed by atoms with Crippen molar-refractivity contribution >= 4 is 0 Å². The standard InChI is InChI=1S/C17H26/c1-3-5-6-8-11-16(4-2)14-15-17-12-9-7-10-13-17/h3-4,6,8,11,17H,1-2,5,7,9-10,12-15H2/b8-6-,16-11+. The van der Waals surface area contributed by atoms with Crippen LogP contribution in [0.4, 0.5) is 0 Å². The molecule has 0 aromatic carbocycles. The van der Waals surface area contributed by atoms with Crippen molar-refractivity contribution in [2.75, 3.05) is 0 Å². The molecule has 94 valence electrons. The Morgan fingerprint density at radius 2 is 1.88 bits per heavy atom. The molecule has 0 bridgehead atoms. The Balaban J connectivity index is 2.30. The van der Waals surface area contributed by atoms with E-state index >= 15 is 0 Å². The van der Waals surface area contributed by atoms with Crippen LogP contribution < -0.4 is 0 Å². The number of hydrogen-bond donors (Lipinski definition) is 0. The van der Waals surface area contributed by atoms with Gasteiger partial charge in [0.1, 0.15) is 0 Å². The van der Waals surface area contributed by atoms with Gasteiger partial charge in [0.15, 0.2) is 0 Å². The van der Waals surface area contributed by atoms with Crippen LogP contribution in [0.3, 0.4) is 0 Å². The molecule has 1 fully saturated rings. The maximum Gasteiger partial charge on any atom is -0.0169 e. The van der Waals surface area contributed by atoms with Crippen molar-refractivity contribution in [2.45, 2.75) is 51.4 Å². The summed E-state index contributed by atoms with van der Waals surface area (Å²) in [7, 11) is 0. The fraction of sp³-hybridized carbons (Fsp3) is 0.529. The first-order chi connectivity index (χ1) is 8.36. The minimum atomic E-state index is 0.948. The molecule has 0 amide bonds. The van der Waals surface area contributed by atoms with E-state index in [1.165, 1.54) is 50.5 Å². The lowest BCUT2D eigenvalue weighted by Crippen LogP contribution is -2.06. The lowest BCUT2D eigenvalue weighted by atomic mass is 9.85. The second-order valence-electron chi connectivity index (χ2n) is 4.94. The van der Waals surface area contributed by atoms with Crippen LogP contribution in [0.15, 0.2) is 49.1 Å². The van der Waals surface area contributed by atoms with Gasteiger partial charge in [-0.05, 0) is 30.8 Å². The van der Waals surface area contributed by atoms with E-state index < -0.39 is 0 Å². The van der Waals surface area contributed by atoms with E-state index in [4.69, 9.17) is 0 Å². The molecule has 0 spiro atoms. The van der Waals surface area contributed by atoms with Crippen molar-refractivity contribution in [2.24, 2.45) is 5.92 Å². The molecule has 0 heteroatoms. The Labute approximate surface area is 107 Å². The van der Waals surface area contributed by atoms with Crippen molar-refractivity contribution < 1.29 is 0 Å². The van der Waals surface area contributed by atoms with Gasteiger partial charge in [0, 0.05) is 0 Å². The predicted octanol–water partition coefficient (Wildman–Crippen LogP) is 5.59. The maximum atomic E-state index is 3.90. The monoisotopic (exact) mass is 230 g/mol. The zero-order valence-electron chi connectivity index (χ0n) is 11.0. The first-order valence-electron chi connectivity index (χ1n) is 6.96. The minimum absolute atomic E-state index is 0.948. The summed E-state index contributed by atoms with van der Waals surface area (Å²) in [6.07, 6.45) is 21.1. The van der Waals surface area contributed by atoms with Crippen molar-refractivity contribution in [3.8, 4) is 0 Å². The third-order valence-corrected chi connectivity index (χ3v) is 3.58. The third kappa shape index (κ3) is 6.31. The van der Waals surface area contributed by atoms with Crippen LogP contribution in [0.25, 0.3) is 0 Å². The zero-order chi connectivity index (χ0) is 12.3. The third-order valence-electron chi connectivity index (χ3n) is 3.58. The molecule has 1 rings (SSSR count). The van der Waals surface area contributed by atoms with Gasteiger partial charge in [-0.1, -0.05) is 69.1 Å². The average molecular weight is 230 g/mol. The van der Waals surface area contributed by atoms with Crippen LogP contribution >= 0.6 is 0 Å². The van der Waals surface area contributed by atoms with Gasteiger partial charge in [-0.15, -0.1) is 6.58 Å². The van der Waals surface area contributed by atoms with Crippen molar-refractivity contribution in [1.82, 2.24) is 0 Å². The van der Waals surface area contributed by atoms with Crippen LogP contribution in [0.5, 0.6) is 0 Å². The first-order valence-corrected chi connectivity index (χ1v) is 6.96. The Hall–Kier alpha value is -1.04. The molecule has 0 saturated heterocycles. The molecule has 1 aliphatic rings. The SMILES string of the molecule is C=CC/C=C\C=C(/C=C)CCC1CCCCC1. The van der Waals surface area contributed by atoms with Gasteiger partial charge < -0.3 is 0 Å². The molecule has 0 radical (unpaired) electrons. The lowest BCUT2D eigenvalue weighted by Gasteiger charge is -2.21. The summed E-state index contributed by atoms with van der Waals surface area (Å²) in [6, 6.07) is 0. The Bertz CT molecular complexity index is 274. The van der Waals surface area contributed by atoms with E-state index in [1.807, 2.05) is 12.2 Å². The van der Waals surface area contributed by atoms with E-state index in [9.17, 15) is 0 Å². The molecule has 0 aromatic heterocycles. The topological polar surface area (TPSA) is 0 Å². The first kappa shape index (κ1) is 14.0. The minimum Gasteiger partial charge on any atom is -0.103 e. The van der Waals surface area contributed by atoms with Crippen LogP contribution in [-0.4, -0.2) is 0 Å². The van der Waals surface area contributed by atoms with E-state index in [1.54, 1.807) is 0 Å². The molecule has 0 unspecified atom stereocenters. The molecule has 0 aliphatic heterocycles. The highest BCUT2D eigenvalue weighted by atomic mass is 14.2. The van der Waals surface area contributed by atoms with E-state index in [0.29, 0.717) is 0 Å². The van der Waals surface area contributed by atoms with Crippen LogP contribution in [0.1, 0.15) is 51.4 Å². The number of allylic oxidation sites excluding steroid dienone is 6. The Morgan fingerprint density at radius 3 is 2.53 bits per heavy atom. The molecular weight excluding hydrogens is 204 g/mol. The molecule has 1 aliphatic carbocycles. The molecule has 0 nitrogen and oxygen atoms in total. The summed E-state index contributed by atoms with van der Waals surface area (Å²) in [5.41, 5.74) is 1.37. The van der Waals surface area contributed by atoms with Crippen molar-refractivity contribution in [1.29, 1.82) is 0 Å². The van der Waals surface area contributed by atoms with Crippen LogP contribution in [0.2, 0.25) is 0 Å². The number of rotatable bonds is 7. The average Bonchev–Trinajstić information content (AvgIpc) is 2.39. The van der Waals surface area contributed by atoms with Gasteiger partial charge >= 0.3 is 0 Å². The van der Waals surface area contributed by atoms with Crippen molar-refractivity contribution in [3.63, 3.8) is 0 Å². The summed E-state index contributed by atoms with van der Waals surface area (Å²) in [4.78, 5) is 0. The van der Waals surface area contributed by atoms with Crippen LogP contribution in [0, 0.1) is 5.92 Å². The fourth-order valence-corrected chi connectivity index (χ4v) is 2.47.